The molecule has 2 bridgehead atoms. The van der Waals surface area contributed by atoms with Crippen LogP contribution >= 0.6 is 0 Å². The van der Waals surface area contributed by atoms with Gasteiger partial charge in [-0.3, -0.25) is 9.36 Å². The lowest BCUT2D eigenvalue weighted by molar-refractivity contribution is -0.134. The molecular weight excluding hydrogens is 334 g/mol. The van der Waals surface area contributed by atoms with Crippen LogP contribution in [0.5, 0.6) is 0 Å². The molecule has 0 aliphatic carbocycles. The van der Waals surface area contributed by atoms with E-state index in [1.54, 1.807) is 12.1 Å². The highest BCUT2D eigenvalue weighted by Crippen LogP contribution is 2.31. The van der Waals surface area contributed by atoms with Crippen molar-refractivity contribution >= 4 is 17.0 Å². The molecule has 0 spiro atoms. The Morgan fingerprint density at radius 1 is 1.23 bits per heavy atom. The highest BCUT2D eigenvalue weighted by atomic mass is 16.4. The molecule has 2 aromatic heterocycles. The van der Waals surface area contributed by atoms with Crippen molar-refractivity contribution in [3.05, 3.63) is 46.5 Å². The van der Waals surface area contributed by atoms with Crippen LogP contribution in [0.25, 0.3) is 11.1 Å². The fourth-order valence-electron chi connectivity index (χ4n) is 4.36. The summed E-state index contributed by atoms with van der Waals surface area (Å²) in [5.74, 6) is 1.30. The maximum atomic E-state index is 13.1. The number of carbonyl (C=O) groups is 1. The van der Waals surface area contributed by atoms with E-state index < -0.39 is 5.76 Å². The monoisotopic (exact) mass is 353 g/mol. The molecule has 2 aliphatic heterocycles. The summed E-state index contributed by atoms with van der Waals surface area (Å²) in [4.78, 5) is 27.3. The summed E-state index contributed by atoms with van der Waals surface area (Å²) in [6.07, 6.45) is 2.64. The number of aromatic nitrogens is 4. The molecule has 0 radical (unpaired) electrons. The van der Waals surface area contributed by atoms with Crippen LogP contribution in [0.1, 0.15) is 24.5 Å². The maximum Gasteiger partial charge on any atom is 0.420 e. The van der Waals surface area contributed by atoms with Gasteiger partial charge in [0, 0.05) is 19.0 Å². The van der Waals surface area contributed by atoms with E-state index in [2.05, 4.69) is 14.8 Å². The topological polar surface area (TPSA) is 86.2 Å². The van der Waals surface area contributed by atoms with Gasteiger partial charge in [-0.15, -0.1) is 10.2 Å². The minimum absolute atomic E-state index is 0.00238. The zero-order valence-corrected chi connectivity index (χ0v) is 14.5. The van der Waals surface area contributed by atoms with Gasteiger partial charge >= 0.3 is 5.76 Å². The normalized spacial score (nSPS) is 21.8. The standard InChI is InChI=1S/C18H19N5O3/c1-11-19-20-16-8-12-6-7-13(9-21(11)16)23(12)17(24)10-22-14-4-2-3-5-15(14)26-18(22)25/h2-5,12-13H,6-10H2,1H3/t12-,13+/m0/s1. The molecule has 26 heavy (non-hydrogen) atoms. The summed E-state index contributed by atoms with van der Waals surface area (Å²) in [5, 5.41) is 8.43. The van der Waals surface area contributed by atoms with Gasteiger partial charge in [0.15, 0.2) is 5.58 Å². The van der Waals surface area contributed by atoms with Crippen molar-refractivity contribution < 1.29 is 9.21 Å². The second kappa shape index (κ2) is 5.55. The number of nitrogens with zero attached hydrogens (tertiary/aromatic N) is 5. The number of amides is 1. The van der Waals surface area contributed by atoms with Gasteiger partial charge < -0.3 is 13.9 Å². The Balaban J connectivity index is 1.46. The van der Waals surface area contributed by atoms with E-state index >= 15 is 0 Å². The van der Waals surface area contributed by atoms with Crippen LogP contribution in [0.3, 0.4) is 0 Å². The maximum absolute atomic E-state index is 13.1. The molecule has 134 valence electrons. The molecule has 1 fully saturated rings. The van der Waals surface area contributed by atoms with Crippen molar-refractivity contribution in [1.82, 2.24) is 24.2 Å². The fraction of sp³-hybridized carbons (Fsp3) is 0.444. The van der Waals surface area contributed by atoms with Crippen LogP contribution in [-0.4, -0.2) is 42.2 Å². The highest BCUT2D eigenvalue weighted by Gasteiger charge is 2.40. The number of hydrogen-bond acceptors (Lipinski definition) is 5. The van der Waals surface area contributed by atoms with E-state index in [0.717, 1.165) is 31.0 Å². The second-order valence-electron chi connectivity index (χ2n) is 7.09. The Bertz CT molecular complexity index is 1060. The molecule has 8 heteroatoms. The van der Waals surface area contributed by atoms with Crippen LogP contribution < -0.4 is 5.76 Å². The first-order valence-electron chi connectivity index (χ1n) is 8.90. The molecule has 5 rings (SSSR count). The largest absolute Gasteiger partial charge is 0.420 e. The molecule has 8 nitrogen and oxygen atoms in total. The van der Waals surface area contributed by atoms with Gasteiger partial charge in [0.2, 0.25) is 5.91 Å². The van der Waals surface area contributed by atoms with Crippen molar-refractivity contribution in [2.45, 2.75) is 51.4 Å². The number of hydrogen-bond donors (Lipinski definition) is 0. The summed E-state index contributed by atoms with van der Waals surface area (Å²) >= 11 is 0. The third-order valence-corrected chi connectivity index (χ3v) is 5.60. The summed E-state index contributed by atoms with van der Waals surface area (Å²) in [5.41, 5.74) is 1.16. The zero-order valence-electron chi connectivity index (χ0n) is 14.5. The van der Waals surface area contributed by atoms with Crippen LogP contribution in [-0.2, 0) is 24.3 Å². The van der Waals surface area contributed by atoms with Gasteiger partial charge in [-0.05, 0) is 31.9 Å². The van der Waals surface area contributed by atoms with E-state index in [0.29, 0.717) is 17.5 Å². The van der Waals surface area contributed by atoms with Gasteiger partial charge in [-0.1, -0.05) is 12.1 Å². The smallest absolute Gasteiger partial charge is 0.408 e. The van der Waals surface area contributed by atoms with E-state index in [1.165, 1.54) is 4.57 Å². The predicted octanol–water partition coefficient (Wildman–Crippen LogP) is 1.11. The first-order valence-corrected chi connectivity index (χ1v) is 8.90. The van der Waals surface area contributed by atoms with E-state index in [-0.39, 0.29) is 24.5 Å². The molecule has 2 atom stereocenters. The third-order valence-electron chi connectivity index (χ3n) is 5.60. The van der Waals surface area contributed by atoms with Gasteiger partial charge in [0.25, 0.3) is 0 Å². The SMILES string of the molecule is Cc1nnc2n1C[C@H]1CC[C@@H](C2)N1C(=O)Cn1c(=O)oc2ccccc21. The van der Waals surface area contributed by atoms with Crippen LogP contribution in [0.15, 0.2) is 33.5 Å². The number of oxazole rings is 1. The number of fused-ring (bicyclic) bond motifs is 4. The van der Waals surface area contributed by atoms with Crippen molar-refractivity contribution in [3.63, 3.8) is 0 Å². The number of benzene rings is 1. The minimum Gasteiger partial charge on any atom is -0.408 e. The van der Waals surface area contributed by atoms with Crippen molar-refractivity contribution in [2.24, 2.45) is 0 Å². The van der Waals surface area contributed by atoms with Gasteiger partial charge in [-0.25, -0.2) is 4.79 Å². The first-order chi connectivity index (χ1) is 12.6. The second-order valence-corrected chi connectivity index (χ2v) is 7.09. The molecular formula is C18H19N5O3. The molecule has 1 saturated heterocycles. The fourth-order valence-corrected chi connectivity index (χ4v) is 4.36. The van der Waals surface area contributed by atoms with Gasteiger partial charge in [0.1, 0.15) is 18.2 Å². The van der Waals surface area contributed by atoms with Crippen LogP contribution in [0, 0.1) is 6.92 Å². The Labute approximate surface area is 149 Å². The molecule has 0 saturated carbocycles. The number of carbonyl (C=O) groups excluding carboxylic acids is 1. The van der Waals surface area contributed by atoms with Crippen molar-refractivity contribution in [1.29, 1.82) is 0 Å². The number of para-hydroxylation sites is 2. The third kappa shape index (κ3) is 2.21. The summed E-state index contributed by atoms with van der Waals surface area (Å²) < 4.78 is 8.79. The zero-order chi connectivity index (χ0) is 17.8. The Kier molecular flexibility index (Phi) is 3.28. The molecule has 0 unspecified atom stereocenters. The lowest BCUT2D eigenvalue weighted by Gasteiger charge is -2.28. The minimum atomic E-state index is -0.491. The summed E-state index contributed by atoms with van der Waals surface area (Å²) in [6, 6.07) is 7.42. The molecule has 4 heterocycles. The highest BCUT2D eigenvalue weighted by molar-refractivity contribution is 5.80. The van der Waals surface area contributed by atoms with Gasteiger partial charge in [-0.2, -0.15) is 0 Å². The Hall–Kier alpha value is -2.90. The Morgan fingerprint density at radius 2 is 2.04 bits per heavy atom. The first kappa shape index (κ1) is 15.4. The summed E-state index contributed by atoms with van der Waals surface area (Å²) in [7, 11) is 0. The molecule has 1 amide bonds. The van der Waals surface area contributed by atoms with Crippen molar-refractivity contribution in [3.8, 4) is 0 Å². The summed E-state index contributed by atoms with van der Waals surface area (Å²) in [6.45, 7) is 2.67. The lowest BCUT2D eigenvalue weighted by Crippen LogP contribution is -2.44. The number of aryl methyl sites for hydroxylation is 1. The quantitative estimate of drug-likeness (QED) is 0.689. The van der Waals surface area contributed by atoms with E-state index in [1.807, 2.05) is 24.0 Å². The van der Waals surface area contributed by atoms with Crippen LogP contribution in [0.4, 0.5) is 0 Å². The Morgan fingerprint density at radius 3 is 2.92 bits per heavy atom. The average molecular weight is 353 g/mol. The molecule has 0 N–H and O–H groups in total. The molecule has 1 aromatic carbocycles. The predicted molar refractivity (Wildman–Crippen MR) is 92.6 cm³/mol. The lowest BCUT2D eigenvalue weighted by atomic mass is 10.1. The number of rotatable bonds is 2. The van der Waals surface area contributed by atoms with Gasteiger partial charge in [0.05, 0.1) is 11.6 Å². The van der Waals surface area contributed by atoms with E-state index in [4.69, 9.17) is 4.42 Å². The van der Waals surface area contributed by atoms with Crippen LogP contribution in [0.2, 0.25) is 0 Å². The molecule has 2 aliphatic rings. The van der Waals surface area contributed by atoms with E-state index in [9.17, 15) is 9.59 Å². The average Bonchev–Trinajstić information content (AvgIpc) is 3.22. The van der Waals surface area contributed by atoms with Crippen molar-refractivity contribution in [2.75, 3.05) is 0 Å². The molecule has 3 aromatic rings.